The Balaban J connectivity index is 1.61. The predicted octanol–water partition coefficient (Wildman–Crippen LogP) is 2.90. The van der Waals surface area contributed by atoms with E-state index in [9.17, 15) is 27.2 Å². The van der Waals surface area contributed by atoms with Crippen molar-refractivity contribution < 1.29 is 31.5 Å². The molecule has 0 saturated carbocycles. The number of morpholine rings is 1. The first-order chi connectivity index (χ1) is 19.9. The van der Waals surface area contributed by atoms with Gasteiger partial charge >= 0.3 is 6.18 Å². The van der Waals surface area contributed by atoms with Crippen molar-refractivity contribution in [2.24, 2.45) is 0 Å². The monoisotopic (exact) mass is 593 g/mol. The third kappa shape index (κ3) is 6.48. The Labute approximate surface area is 239 Å². The minimum atomic E-state index is -4.99. The Morgan fingerprint density at radius 3 is 2.48 bits per heavy atom. The summed E-state index contributed by atoms with van der Waals surface area (Å²) in [5.74, 6) is -1.79. The number of nitrogens with one attached hydrogen (secondary N) is 2. The molecule has 1 amide bonds. The molecule has 2 aliphatic heterocycles. The van der Waals surface area contributed by atoms with Gasteiger partial charge in [0.1, 0.15) is 5.82 Å². The van der Waals surface area contributed by atoms with Gasteiger partial charge in [-0.15, -0.1) is 0 Å². The number of carbonyl (C=O) groups excluding carboxylic acids is 1. The number of H-pyrrole nitrogens is 1. The summed E-state index contributed by atoms with van der Waals surface area (Å²) < 4.78 is 79.4. The highest BCUT2D eigenvalue weighted by Gasteiger charge is 2.48. The van der Waals surface area contributed by atoms with Crippen LogP contribution in [0.2, 0.25) is 0 Å². The van der Waals surface area contributed by atoms with E-state index in [0.717, 1.165) is 0 Å². The highest BCUT2D eigenvalue weighted by molar-refractivity contribution is 5.97. The van der Waals surface area contributed by atoms with Crippen LogP contribution in [0.15, 0.2) is 59.2 Å². The maximum atomic E-state index is 17.6. The van der Waals surface area contributed by atoms with Gasteiger partial charge in [-0.1, -0.05) is 18.2 Å². The SMILES string of the molecule is CN1CCN(C2C(NC(=O)c3c[nH]c(=O)cc3C(F)(F)F)=CC(c3ccccc3F)=CC2(F)CN2CCOCC2)CC1. The first-order valence-electron chi connectivity index (χ1n) is 13.7. The number of ether oxygens (including phenoxy) is 1. The first kappa shape index (κ1) is 30.1. The van der Waals surface area contributed by atoms with Crippen LogP contribution >= 0.6 is 0 Å². The summed E-state index contributed by atoms with van der Waals surface area (Å²) in [7, 11) is 1.93. The molecule has 0 bridgehead atoms. The molecule has 2 atom stereocenters. The molecule has 1 aliphatic carbocycles. The van der Waals surface area contributed by atoms with Crippen LogP contribution in [0.3, 0.4) is 0 Å². The molecule has 226 valence electrons. The number of hydrogen-bond donors (Lipinski definition) is 2. The smallest absolute Gasteiger partial charge is 0.379 e. The van der Waals surface area contributed by atoms with Crippen LogP contribution < -0.4 is 10.9 Å². The number of aromatic amines is 1. The molecule has 3 heterocycles. The van der Waals surface area contributed by atoms with Gasteiger partial charge in [-0.2, -0.15) is 13.2 Å². The molecule has 2 saturated heterocycles. The van der Waals surface area contributed by atoms with Crippen LogP contribution in [0.5, 0.6) is 0 Å². The molecule has 2 aromatic rings. The number of aromatic nitrogens is 1. The Hall–Kier alpha value is -3.39. The molecule has 2 fully saturated rings. The molecule has 13 heteroatoms. The van der Waals surface area contributed by atoms with Gasteiger partial charge in [0.05, 0.1) is 30.4 Å². The van der Waals surface area contributed by atoms with Gasteiger partial charge in [-0.05, 0) is 30.8 Å². The van der Waals surface area contributed by atoms with Crippen molar-refractivity contribution in [2.45, 2.75) is 17.9 Å². The fraction of sp³-hybridized carbons (Fsp3) is 0.448. The number of likely N-dealkylation sites (N-methyl/N-ethyl adjacent to an activating group) is 1. The first-order valence-corrected chi connectivity index (χ1v) is 13.7. The molecule has 5 rings (SSSR count). The second-order valence-corrected chi connectivity index (χ2v) is 10.8. The van der Waals surface area contributed by atoms with Crippen molar-refractivity contribution in [3.05, 3.63) is 87.2 Å². The average Bonchev–Trinajstić information content (AvgIpc) is 2.94. The predicted molar refractivity (Wildman–Crippen MR) is 146 cm³/mol. The number of allylic oxidation sites excluding steroid dienone is 2. The van der Waals surface area contributed by atoms with E-state index in [0.29, 0.717) is 64.7 Å². The lowest BCUT2D eigenvalue weighted by molar-refractivity contribution is -0.138. The van der Waals surface area contributed by atoms with Gasteiger partial charge < -0.3 is 19.9 Å². The van der Waals surface area contributed by atoms with Gasteiger partial charge in [-0.25, -0.2) is 8.78 Å². The molecule has 1 aromatic heterocycles. The molecular formula is C29H32F5N5O3. The summed E-state index contributed by atoms with van der Waals surface area (Å²) >= 11 is 0. The lowest BCUT2D eigenvalue weighted by Gasteiger charge is -2.47. The second-order valence-electron chi connectivity index (χ2n) is 10.8. The number of halogens is 5. The number of amides is 1. The van der Waals surface area contributed by atoms with Crippen molar-refractivity contribution in [3.63, 3.8) is 0 Å². The third-order valence-corrected chi connectivity index (χ3v) is 7.85. The van der Waals surface area contributed by atoms with Crippen molar-refractivity contribution >= 4 is 11.5 Å². The van der Waals surface area contributed by atoms with Crippen LogP contribution in [0.1, 0.15) is 21.5 Å². The van der Waals surface area contributed by atoms with Gasteiger partial charge in [0.25, 0.3) is 5.91 Å². The number of hydrogen-bond acceptors (Lipinski definition) is 6. The topological polar surface area (TPSA) is 80.9 Å². The van der Waals surface area contributed by atoms with Gasteiger partial charge in [-0.3, -0.25) is 19.4 Å². The van der Waals surface area contributed by atoms with Crippen molar-refractivity contribution in [1.29, 1.82) is 0 Å². The highest BCUT2D eigenvalue weighted by Crippen LogP contribution is 2.39. The lowest BCUT2D eigenvalue weighted by atomic mass is 9.81. The maximum Gasteiger partial charge on any atom is 0.417 e. The highest BCUT2D eigenvalue weighted by atomic mass is 19.4. The van der Waals surface area contributed by atoms with E-state index in [1.165, 1.54) is 30.4 Å². The molecule has 0 radical (unpaired) electrons. The normalized spacial score (nSPS) is 24.7. The summed E-state index contributed by atoms with van der Waals surface area (Å²) in [6.07, 6.45) is -1.51. The summed E-state index contributed by atoms with van der Waals surface area (Å²) in [4.78, 5) is 33.0. The number of piperazine rings is 1. The van der Waals surface area contributed by atoms with E-state index >= 15 is 4.39 Å². The molecule has 3 aliphatic rings. The van der Waals surface area contributed by atoms with E-state index in [1.54, 1.807) is 6.07 Å². The zero-order valence-electron chi connectivity index (χ0n) is 23.0. The van der Waals surface area contributed by atoms with E-state index in [-0.39, 0.29) is 23.4 Å². The number of benzene rings is 1. The molecule has 2 N–H and O–H groups in total. The maximum absolute atomic E-state index is 17.6. The van der Waals surface area contributed by atoms with Gasteiger partial charge in [0, 0.05) is 69.3 Å². The number of alkyl halides is 4. The summed E-state index contributed by atoms with van der Waals surface area (Å²) in [5.41, 5.74) is -5.18. The minimum absolute atomic E-state index is 0.000361. The molecule has 8 nitrogen and oxygen atoms in total. The molecule has 0 spiro atoms. The van der Waals surface area contributed by atoms with Crippen LogP contribution in [-0.2, 0) is 10.9 Å². The average molecular weight is 594 g/mol. The van der Waals surface area contributed by atoms with Gasteiger partial charge in [0.15, 0.2) is 5.67 Å². The number of nitrogens with zero attached hydrogens (tertiary/aromatic N) is 3. The van der Waals surface area contributed by atoms with Crippen LogP contribution in [0, 0.1) is 5.82 Å². The molecule has 42 heavy (non-hydrogen) atoms. The van der Waals surface area contributed by atoms with Gasteiger partial charge in [0.2, 0.25) is 5.56 Å². The zero-order chi connectivity index (χ0) is 30.1. The number of carbonyl (C=O) groups is 1. The van der Waals surface area contributed by atoms with E-state index in [2.05, 4.69) is 15.2 Å². The van der Waals surface area contributed by atoms with Crippen LogP contribution in [-0.4, -0.2) is 103 Å². The van der Waals surface area contributed by atoms with Crippen LogP contribution in [0.4, 0.5) is 22.0 Å². The Bertz CT molecular complexity index is 1430. The Kier molecular flexibility index (Phi) is 8.65. The van der Waals surface area contributed by atoms with E-state index in [4.69, 9.17) is 4.74 Å². The standard InChI is InChI=1S/C29H32F5N5O3/c1-37-6-8-39(9-7-37)26-24(36-27(41)21-17-35-25(40)15-22(21)29(32,33)34)14-19(20-4-2-3-5-23(20)30)16-28(26,31)18-38-10-12-42-13-11-38/h2-5,14-17,26H,6-13,18H2,1H3,(H,35,40)(H,36,41). The van der Waals surface area contributed by atoms with E-state index < -0.39 is 46.3 Å². The Morgan fingerprint density at radius 2 is 1.81 bits per heavy atom. The summed E-state index contributed by atoms with van der Waals surface area (Å²) in [6, 6.07) is 5.01. The quantitative estimate of drug-likeness (QED) is 0.502. The van der Waals surface area contributed by atoms with Crippen molar-refractivity contribution in [3.8, 4) is 0 Å². The summed E-state index contributed by atoms with van der Waals surface area (Å²) in [6.45, 7) is 3.70. The largest absolute Gasteiger partial charge is 0.417 e. The number of rotatable bonds is 6. The van der Waals surface area contributed by atoms with E-state index in [1.807, 2.05) is 16.8 Å². The molecule has 2 unspecified atom stereocenters. The fourth-order valence-electron chi connectivity index (χ4n) is 5.75. The fourth-order valence-corrected chi connectivity index (χ4v) is 5.75. The second kappa shape index (κ2) is 12.1. The molecule has 1 aromatic carbocycles. The number of pyridine rings is 1. The lowest BCUT2D eigenvalue weighted by Crippen LogP contribution is -2.62. The zero-order valence-corrected chi connectivity index (χ0v) is 23.0. The van der Waals surface area contributed by atoms with Crippen molar-refractivity contribution in [1.82, 2.24) is 25.0 Å². The van der Waals surface area contributed by atoms with Crippen molar-refractivity contribution in [2.75, 3.05) is 66.1 Å². The third-order valence-electron chi connectivity index (χ3n) is 7.85. The molecular weight excluding hydrogens is 561 g/mol. The minimum Gasteiger partial charge on any atom is -0.379 e. The Morgan fingerprint density at radius 1 is 1.12 bits per heavy atom. The van der Waals surface area contributed by atoms with Crippen LogP contribution in [0.25, 0.3) is 5.57 Å². The summed E-state index contributed by atoms with van der Waals surface area (Å²) in [5, 5.41) is 2.54.